The zero-order valence-corrected chi connectivity index (χ0v) is 14.6. The van der Waals surface area contributed by atoms with Crippen molar-refractivity contribution in [2.45, 2.75) is 57.5 Å². The van der Waals surface area contributed by atoms with Gasteiger partial charge in [-0.2, -0.15) is 0 Å². The van der Waals surface area contributed by atoms with Gasteiger partial charge < -0.3 is 10.6 Å². The molecule has 0 heterocycles. The fraction of sp³-hybridized carbons (Fsp3) is 0.938. The Labute approximate surface area is 135 Å². The van der Waals surface area contributed by atoms with Gasteiger partial charge in [0.25, 0.3) is 0 Å². The van der Waals surface area contributed by atoms with E-state index in [4.69, 9.17) is 5.73 Å². The van der Waals surface area contributed by atoms with Gasteiger partial charge in [-0.15, -0.1) is 12.4 Å². The van der Waals surface area contributed by atoms with E-state index < -0.39 is 0 Å². The molecule has 1 unspecified atom stereocenters. The van der Waals surface area contributed by atoms with Crippen molar-refractivity contribution in [3.63, 3.8) is 0 Å². The predicted octanol–water partition coefficient (Wildman–Crippen LogP) is 2.11. The molecule has 2 rings (SSSR count). The summed E-state index contributed by atoms with van der Waals surface area (Å²) < 4.78 is 0. The normalized spacial score (nSPS) is 27.1. The molecule has 0 aromatic carbocycles. The molecule has 5 heteroatoms. The lowest BCUT2D eigenvalue weighted by Crippen LogP contribution is -2.48. The minimum absolute atomic E-state index is 0. The molecule has 0 aromatic heterocycles. The molecule has 0 aliphatic heterocycles. The molecule has 2 fully saturated rings. The van der Waals surface area contributed by atoms with Crippen molar-refractivity contribution in [2.75, 3.05) is 27.2 Å². The molecule has 2 aliphatic carbocycles. The Morgan fingerprint density at radius 1 is 1.14 bits per heavy atom. The van der Waals surface area contributed by atoms with Gasteiger partial charge in [-0.1, -0.05) is 6.92 Å². The summed E-state index contributed by atoms with van der Waals surface area (Å²) in [6.45, 7) is 3.49. The number of hydrogen-bond donors (Lipinski definition) is 1. The quantitative estimate of drug-likeness (QED) is 0.816. The van der Waals surface area contributed by atoms with Gasteiger partial charge in [0, 0.05) is 25.7 Å². The highest BCUT2D eigenvalue weighted by molar-refractivity contribution is 5.85. The van der Waals surface area contributed by atoms with E-state index in [1.165, 1.54) is 25.7 Å². The van der Waals surface area contributed by atoms with Gasteiger partial charge in [-0.05, 0) is 57.4 Å². The van der Waals surface area contributed by atoms with Crippen LogP contribution >= 0.6 is 12.4 Å². The molecule has 0 aromatic rings. The summed E-state index contributed by atoms with van der Waals surface area (Å²) in [5.74, 6) is 1.80. The smallest absolute Gasteiger partial charge is 0.236 e. The minimum Gasteiger partial charge on any atom is -0.342 e. The molecule has 124 valence electrons. The fourth-order valence-corrected chi connectivity index (χ4v) is 3.49. The molecule has 1 atom stereocenters. The van der Waals surface area contributed by atoms with Gasteiger partial charge in [-0.25, -0.2) is 0 Å². The number of amides is 1. The molecular formula is C16H32ClN3O. The van der Waals surface area contributed by atoms with Crippen molar-refractivity contribution < 1.29 is 4.79 Å². The summed E-state index contributed by atoms with van der Waals surface area (Å²) in [6.07, 6.45) is 7.39. The molecule has 0 bridgehead atoms. The van der Waals surface area contributed by atoms with E-state index in [2.05, 4.69) is 11.8 Å². The van der Waals surface area contributed by atoms with E-state index in [1.807, 2.05) is 19.0 Å². The van der Waals surface area contributed by atoms with Gasteiger partial charge in [0.15, 0.2) is 0 Å². The number of rotatable bonds is 6. The predicted molar refractivity (Wildman–Crippen MR) is 89.6 cm³/mol. The van der Waals surface area contributed by atoms with Crippen LogP contribution in [0.4, 0.5) is 0 Å². The van der Waals surface area contributed by atoms with E-state index in [1.54, 1.807) is 0 Å². The van der Waals surface area contributed by atoms with Crippen molar-refractivity contribution in [1.82, 2.24) is 9.80 Å². The molecule has 4 nitrogen and oxygen atoms in total. The van der Waals surface area contributed by atoms with Gasteiger partial charge >= 0.3 is 0 Å². The lowest BCUT2D eigenvalue weighted by atomic mass is 9.87. The standard InChI is InChI=1S/C16H31N3O.ClH/c1-12-4-8-14(9-5-12)19(3)16(20)11-18(2)15(10-17)13-6-7-13;/h12-15H,4-11,17H2,1-3H3;1H. The van der Waals surface area contributed by atoms with E-state index in [9.17, 15) is 4.79 Å². The second-order valence-corrected chi connectivity index (χ2v) is 6.97. The number of nitrogens with zero attached hydrogens (tertiary/aromatic N) is 2. The zero-order valence-electron chi connectivity index (χ0n) is 13.8. The van der Waals surface area contributed by atoms with Crippen molar-refractivity contribution in [3.8, 4) is 0 Å². The minimum atomic E-state index is 0. The number of nitrogens with two attached hydrogens (primary N) is 1. The molecule has 0 saturated heterocycles. The Morgan fingerprint density at radius 2 is 1.71 bits per heavy atom. The van der Waals surface area contributed by atoms with E-state index in [0.29, 0.717) is 25.2 Å². The third-order valence-electron chi connectivity index (χ3n) is 5.28. The van der Waals surface area contributed by atoms with Crippen LogP contribution in [0.25, 0.3) is 0 Å². The molecule has 0 radical (unpaired) electrons. The highest BCUT2D eigenvalue weighted by atomic mass is 35.5. The summed E-state index contributed by atoms with van der Waals surface area (Å²) in [5, 5.41) is 0. The monoisotopic (exact) mass is 317 g/mol. The maximum atomic E-state index is 12.4. The lowest BCUT2D eigenvalue weighted by molar-refractivity contribution is -0.134. The maximum Gasteiger partial charge on any atom is 0.236 e. The van der Waals surface area contributed by atoms with Crippen molar-refractivity contribution >= 4 is 18.3 Å². The number of halogens is 1. The maximum absolute atomic E-state index is 12.4. The summed E-state index contributed by atoms with van der Waals surface area (Å²) in [6, 6.07) is 0.836. The first kappa shape index (κ1) is 18.7. The number of carbonyl (C=O) groups excluding carboxylic acids is 1. The van der Waals surface area contributed by atoms with Crippen LogP contribution in [0.5, 0.6) is 0 Å². The zero-order chi connectivity index (χ0) is 14.7. The first-order valence-electron chi connectivity index (χ1n) is 8.19. The Bertz CT molecular complexity index is 327. The van der Waals surface area contributed by atoms with Gasteiger partial charge in [0.1, 0.15) is 0 Å². The molecule has 0 spiro atoms. The van der Waals surface area contributed by atoms with Crippen molar-refractivity contribution in [3.05, 3.63) is 0 Å². The molecule has 1 amide bonds. The molecule has 2 aliphatic rings. The highest BCUT2D eigenvalue weighted by Gasteiger charge is 2.34. The van der Waals surface area contributed by atoms with Crippen molar-refractivity contribution in [1.29, 1.82) is 0 Å². The molecular weight excluding hydrogens is 286 g/mol. The summed E-state index contributed by atoms with van der Waals surface area (Å²) in [4.78, 5) is 16.6. The number of carbonyl (C=O) groups is 1. The summed E-state index contributed by atoms with van der Waals surface area (Å²) in [5.41, 5.74) is 5.86. The van der Waals surface area contributed by atoms with Gasteiger partial charge in [-0.3, -0.25) is 9.69 Å². The fourth-order valence-electron chi connectivity index (χ4n) is 3.49. The van der Waals surface area contributed by atoms with Crippen LogP contribution in [0.2, 0.25) is 0 Å². The SMILES string of the molecule is CC1CCC(N(C)C(=O)CN(C)C(CN)C2CC2)CC1.Cl. The van der Waals surface area contributed by atoms with Crippen LogP contribution in [-0.4, -0.2) is 55.0 Å². The Kier molecular flexibility index (Phi) is 7.45. The Morgan fingerprint density at radius 3 is 2.19 bits per heavy atom. The largest absolute Gasteiger partial charge is 0.342 e. The van der Waals surface area contributed by atoms with Crippen LogP contribution in [-0.2, 0) is 4.79 Å². The average molecular weight is 318 g/mol. The Hall–Kier alpha value is -0.320. The summed E-state index contributed by atoms with van der Waals surface area (Å²) in [7, 11) is 4.02. The summed E-state index contributed by atoms with van der Waals surface area (Å²) >= 11 is 0. The average Bonchev–Trinajstić information content (AvgIpc) is 3.24. The van der Waals surface area contributed by atoms with Gasteiger partial charge in [0.05, 0.1) is 6.54 Å². The molecule has 2 saturated carbocycles. The molecule has 21 heavy (non-hydrogen) atoms. The van der Waals surface area contributed by atoms with Crippen LogP contribution < -0.4 is 5.73 Å². The Balaban J connectivity index is 0.00000220. The van der Waals surface area contributed by atoms with E-state index >= 15 is 0 Å². The molecule has 2 N–H and O–H groups in total. The van der Waals surface area contributed by atoms with Crippen LogP contribution in [0.15, 0.2) is 0 Å². The van der Waals surface area contributed by atoms with Crippen LogP contribution in [0.1, 0.15) is 45.4 Å². The second kappa shape index (κ2) is 8.35. The van der Waals surface area contributed by atoms with Crippen LogP contribution in [0.3, 0.4) is 0 Å². The van der Waals surface area contributed by atoms with Crippen LogP contribution in [0, 0.1) is 11.8 Å². The third kappa shape index (κ3) is 5.11. The first-order chi connectivity index (χ1) is 9.52. The lowest BCUT2D eigenvalue weighted by Gasteiger charge is -2.35. The highest BCUT2D eigenvalue weighted by Crippen LogP contribution is 2.34. The van der Waals surface area contributed by atoms with E-state index in [0.717, 1.165) is 24.7 Å². The number of likely N-dealkylation sites (N-methyl/N-ethyl adjacent to an activating group) is 2. The van der Waals surface area contributed by atoms with E-state index in [-0.39, 0.29) is 18.3 Å². The van der Waals surface area contributed by atoms with Crippen molar-refractivity contribution in [2.24, 2.45) is 17.6 Å². The van der Waals surface area contributed by atoms with Gasteiger partial charge in [0.2, 0.25) is 5.91 Å². The number of hydrogen-bond acceptors (Lipinski definition) is 3. The second-order valence-electron chi connectivity index (χ2n) is 6.97. The first-order valence-corrected chi connectivity index (χ1v) is 8.19. The topological polar surface area (TPSA) is 49.6 Å². The third-order valence-corrected chi connectivity index (χ3v) is 5.28.